The largest absolute Gasteiger partial charge is 0.385 e. The molecule has 1 aliphatic heterocycles. The lowest BCUT2D eigenvalue weighted by Gasteiger charge is -2.36. The van der Waals surface area contributed by atoms with Gasteiger partial charge in [0.05, 0.1) is 0 Å². The van der Waals surface area contributed by atoms with Crippen molar-refractivity contribution < 1.29 is 4.74 Å². The molecule has 1 N–H and O–H groups in total. The van der Waals surface area contributed by atoms with Gasteiger partial charge < -0.3 is 15.0 Å². The molecule has 5 nitrogen and oxygen atoms in total. The molecule has 1 aromatic heterocycles. The second kappa shape index (κ2) is 8.04. The summed E-state index contributed by atoms with van der Waals surface area (Å²) < 4.78 is 5.05. The fourth-order valence-corrected chi connectivity index (χ4v) is 2.76. The molecule has 0 aliphatic carbocycles. The lowest BCUT2D eigenvalue weighted by atomic mass is 10.0. The molecule has 0 saturated carbocycles. The Balaban J connectivity index is 1.97. The summed E-state index contributed by atoms with van der Waals surface area (Å²) in [6, 6.07) is 2.70. The van der Waals surface area contributed by atoms with E-state index in [4.69, 9.17) is 4.74 Å². The number of methoxy groups -OCH3 is 1. The average molecular weight is 278 g/mol. The van der Waals surface area contributed by atoms with Crippen LogP contribution in [0.4, 0.5) is 11.6 Å². The van der Waals surface area contributed by atoms with E-state index in [1.165, 1.54) is 25.7 Å². The monoisotopic (exact) mass is 278 g/mol. The first-order chi connectivity index (χ1) is 9.85. The quantitative estimate of drug-likeness (QED) is 0.777. The first kappa shape index (κ1) is 15.0. The van der Waals surface area contributed by atoms with Gasteiger partial charge in [-0.15, -0.1) is 0 Å². The molecular weight excluding hydrogens is 252 g/mol. The van der Waals surface area contributed by atoms with Gasteiger partial charge in [-0.3, -0.25) is 0 Å². The molecule has 1 aromatic rings. The van der Waals surface area contributed by atoms with Crippen LogP contribution in [0.3, 0.4) is 0 Å². The van der Waals surface area contributed by atoms with Gasteiger partial charge in [-0.1, -0.05) is 6.92 Å². The van der Waals surface area contributed by atoms with E-state index in [-0.39, 0.29) is 0 Å². The standard InChI is InChI=1S/C15H26N4O/c1-3-13-7-4-5-9-19(13)15-11-14(17-12-18-15)16-8-6-10-20-2/h11-13H,3-10H2,1-2H3,(H,16,17,18). The number of nitrogens with one attached hydrogen (secondary N) is 1. The molecule has 0 spiro atoms. The predicted molar refractivity (Wildman–Crippen MR) is 82.3 cm³/mol. The molecule has 0 aromatic carbocycles. The van der Waals surface area contributed by atoms with Crippen LogP contribution in [0.2, 0.25) is 0 Å². The topological polar surface area (TPSA) is 50.3 Å². The zero-order valence-corrected chi connectivity index (χ0v) is 12.6. The Hall–Kier alpha value is -1.36. The summed E-state index contributed by atoms with van der Waals surface area (Å²) in [4.78, 5) is 11.2. The molecular formula is C15H26N4O. The molecule has 1 saturated heterocycles. The van der Waals surface area contributed by atoms with E-state index in [2.05, 4.69) is 33.2 Å². The van der Waals surface area contributed by atoms with Crippen LogP contribution < -0.4 is 10.2 Å². The van der Waals surface area contributed by atoms with Gasteiger partial charge in [-0.25, -0.2) is 9.97 Å². The van der Waals surface area contributed by atoms with Crippen molar-refractivity contribution in [2.24, 2.45) is 0 Å². The molecule has 1 atom stereocenters. The zero-order chi connectivity index (χ0) is 14.2. The summed E-state index contributed by atoms with van der Waals surface area (Å²) in [5.74, 6) is 1.97. The van der Waals surface area contributed by atoms with Gasteiger partial charge in [0.25, 0.3) is 0 Å². The van der Waals surface area contributed by atoms with Crippen LogP contribution in [0.15, 0.2) is 12.4 Å². The smallest absolute Gasteiger partial charge is 0.134 e. The molecule has 20 heavy (non-hydrogen) atoms. The highest BCUT2D eigenvalue weighted by Gasteiger charge is 2.22. The average Bonchev–Trinajstić information content (AvgIpc) is 2.52. The Morgan fingerprint density at radius 2 is 2.30 bits per heavy atom. The van der Waals surface area contributed by atoms with Gasteiger partial charge >= 0.3 is 0 Å². The van der Waals surface area contributed by atoms with Gasteiger partial charge in [-0.05, 0) is 32.1 Å². The Morgan fingerprint density at radius 1 is 1.40 bits per heavy atom. The lowest BCUT2D eigenvalue weighted by molar-refractivity contribution is 0.198. The van der Waals surface area contributed by atoms with Crippen molar-refractivity contribution >= 4 is 11.6 Å². The zero-order valence-electron chi connectivity index (χ0n) is 12.6. The highest BCUT2D eigenvalue weighted by atomic mass is 16.5. The molecule has 0 amide bonds. The first-order valence-corrected chi connectivity index (χ1v) is 7.66. The SMILES string of the molecule is CCC1CCCCN1c1cc(NCCCOC)ncn1. The fraction of sp³-hybridized carbons (Fsp3) is 0.733. The van der Waals surface area contributed by atoms with Crippen molar-refractivity contribution in [2.75, 3.05) is 37.0 Å². The van der Waals surface area contributed by atoms with E-state index in [0.29, 0.717) is 6.04 Å². The number of nitrogens with zero attached hydrogens (tertiary/aromatic N) is 3. The van der Waals surface area contributed by atoms with E-state index in [9.17, 15) is 0 Å². The maximum Gasteiger partial charge on any atom is 0.134 e. The number of ether oxygens (including phenoxy) is 1. The number of hydrogen-bond acceptors (Lipinski definition) is 5. The van der Waals surface area contributed by atoms with Crippen LogP contribution >= 0.6 is 0 Å². The normalized spacial score (nSPS) is 19.1. The van der Waals surface area contributed by atoms with Gasteiger partial charge in [0.2, 0.25) is 0 Å². The molecule has 5 heteroatoms. The molecule has 1 fully saturated rings. The predicted octanol–water partition coefficient (Wildman–Crippen LogP) is 2.69. The molecule has 1 aliphatic rings. The van der Waals surface area contributed by atoms with E-state index in [1.807, 2.05) is 0 Å². The summed E-state index contributed by atoms with van der Waals surface area (Å²) in [5, 5.41) is 3.33. The van der Waals surface area contributed by atoms with Crippen LogP contribution in [-0.2, 0) is 4.74 Å². The Bertz CT molecular complexity index is 399. The van der Waals surface area contributed by atoms with Gasteiger partial charge in [0.1, 0.15) is 18.0 Å². The van der Waals surface area contributed by atoms with Crippen molar-refractivity contribution in [3.63, 3.8) is 0 Å². The van der Waals surface area contributed by atoms with Crippen LogP contribution in [-0.4, -0.2) is 42.8 Å². The van der Waals surface area contributed by atoms with Crippen LogP contribution in [0.1, 0.15) is 39.0 Å². The van der Waals surface area contributed by atoms with Crippen LogP contribution in [0.5, 0.6) is 0 Å². The molecule has 1 unspecified atom stereocenters. The number of anilines is 2. The summed E-state index contributed by atoms with van der Waals surface area (Å²) in [7, 11) is 1.73. The second-order valence-corrected chi connectivity index (χ2v) is 5.29. The maximum atomic E-state index is 5.05. The first-order valence-electron chi connectivity index (χ1n) is 7.66. The summed E-state index contributed by atoms with van der Waals surface area (Å²) in [6.07, 6.45) is 7.70. The van der Waals surface area contributed by atoms with Crippen LogP contribution in [0.25, 0.3) is 0 Å². The summed E-state index contributed by atoms with van der Waals surface area (Å²) in [5.41, 5.74) is 0. The maximum absolute atomic E-state index is 5.05. The van der Waals surface area contributed by atoms with E-state index >= 15 is 0 Å². The lowest BCUT2D eigenvalue weighted by Crippen LogP contribution is -2.39. The van der Waals surface area contributed by atoms with Crippen molar-refractivity contribution in [1.82, 2.24) is 9.97 Å². The van der Waals surface area contributed by atoms with E-state index < -0.39 is 0 Å². The van der Waals surface area contributed by atoms with Gasteiger partial charge in [0, 0.05) is 38.9 Å². The number of rotatable bonds is 7. The van der Waals surface area contributed by atoms with Crippen LogP contribution in [0, 0.1) is 0 Å². The third-order valence-electron chi connectivity index (χ3n) is 3.88. The highest BCUT2D eigenvalue weighted by molar-refractivity contribution is 5.49. The van der Waals surface area contributed by atoms with E-state index in [0.717, 1.165) is 37.8 Å². The molecule has 0 radical (unpaired) electrons. The molecule has 112 valence electrons. The minimum atomic E-state index is 0.625. The van der Waals surface area contributed by atoms with Crippen molar-refractivity contribution in [2.45, 2.75) is 45.1 Å². The van der Waals surface area contributed by atoms with Crippen molar-refractivity contribution in [3.8, 4) is 0 Å². The fourth-order valence-electron chi connectivity index (χ4n) is 2.76. The molecule has 2 rings (SSSR count). The minimum Gasteiger partial charge on any atom is -0.385 e. The highest BCUT2D eigenvalue weighted by Crippen LogP contribution is 2.25. The summed E-state index contributed by atoms with van der Waals surface area (Å²) in [6.45, 7) is 5.02. The van der Waals surface area contributed by atoms with Crippen molar-refractivity contribution in [1.29, 1.82) is 0 Å². The third-order valence-corrected chi connectivity index (χ3v) is 3.88. The Morgan fingerprint density at radius 3 is 3.10 bits per heavy atom. The third kappa shape index (κ3) is 4.07. The minimum absolute atomic E-state index is 0.625. The van der Waals surface area contributed by atoms with Crippen molar-refractivity contribution in [3.05, 3.63) is 12.4 Å². The second-order valence-electron chi connectivity index (χ2n) is 5.29. The summed E-state index contributed by atoms with van der Waals surface area (Å²) >= 11 is 0. The van der Waals surface area contributed by atoms with E-state index in [1.54, 1.807) is 13.4 Å². The number of aromatic nitrogens is 2. The number of hydrogen-bond donors (Lipinski definition) is 1. The Labute approximate surface area is 121 Å². The Kier molecular flexibility index (Phi) is 6.05. The number of piperidine rings is 1. The van der Waals surface area contributed by atoms with Gasteiger partial charge in [0.15, 0.2) is 0 Å². The molecule has 2 heterocycles. The molecule has 0 bridgehead atoms. The van der Waals surface area contributed by atoms with Gasteiger partial charge in [-0.2, -0.15) is 0 Å².